The average Bonchev–Trinajstić information content (AvgIpc) is 2.53. The van der Waals surface area contributed by atoms with Crippen molar-refractivity contribution >= 4 is 5.97 Å². The van der Waals surface area contributed by atoms with E-state index in [-0.39, 0.29) is 5.97 Å². The fraction of sp³-hybridized carbons (Fsp3) is 0.235. The lowest BCUT2D eigenvalue weighted by Gasteiger charge is -2.14. The maximum absolute atomic E-state index is 11.9. The predicted octanol–water partition coefficient (Wildman–Crippen LogP) is 3.71. The zero-order valence-corrected chi connectivity index (χ0v) is 12.0. The molecule has 0 aliphatic heterocycles. The molecular weight excluding hydrogens is 252 g/mol. The molecule has 0 radical (unpaired) electrons. The number of methoxy groups -OCH3 is 2. The molecule has 3 heteroatoms. The Balaban J connectivity index is 2.65. The standard InChI is InChI=1S/C17H18O3/c1-4-12-13(9-7-10-15(12)17(18)20-3)14-8-5-6-11-16(14)19-2/h5-11H,4H2,1-3H3. The Kier molecular flexibility index (Phi) is 4.41. The van der Waals surface area contributed by atoms with E-state index >= 15 is 0 Å². The summed E-state index contributed by atoms with van der Waals surface area (Å²) in [5.74, 6) is 0.489. The molecule has 0 spiro atoms. The fourth-order valence-corrected chi connectivity index (χ4v) is 2.39. The first-order valence-corrected chi connectivity index (χ1v) is 6.56. The molecule has 0 aromatic heterocycles. The van der Waals surface area contributed by atoms with Gasteiger partial charge < -0.3 is 9.47 Å². The first-order valence-electron chi connectivity index (χ1n) is 6.56. The van der Waals surface area contributed by atoms with E-state index < -0.39 is 0 Å². The Morgan fingerprint density at radius 1 is 1.00 bits per heavy atom. The van der Waals surface area contributed by atoms with Gasteiger partial charge in [0.15, 0.2) is 0 Å². The van der Waals surface area contributed by atoms with Crippen LogP contribution in [0.25, 0.3) is 11.1 Å². The van der Waals surface area contributed by atoms with Crippen molar-refractivity contribution in [3.63, 3.8) is 0 Å². The van der Waals surface area contributed by atoms with Gasteiger partial charge in [0.1, 0.15) is 5.75 Å². The van der Waals surface area contributed by atoms with E-state index in [9.17, 15) is 4.79 Å². The molecule has 0 aliphatic rings. The topological polar surface area (TPSA) is 35.5 Å². The number of carbonyl (C=O) groups is 1. The van der Waals surface area contributed by atoms with Crippen molar-refractivity contribution in [3.05, 3.63) is 53.6 Å². The summed E-state index contributed by atoms with van der Waals surface area (Å²) in [6.45, 7) is 2.03. The average molecular weight is 270 g/mol. The van der Waals surface area contributed by atoms with Crippen LogP contribution in [0.4, 0.5) is 0 Å². The lowest BCUT2D eigenvalue weighted by Crippen LogP contribution is -2.06. The SMILES string of the molecule is CCc1c(C(=O)OC)cccc1-c1ccccc1OC. The van der Waals surface area contributed by atoms with Gasteiger partial charge in [0.2, 0.25) is 0 Å². The minimum Gasteiger partial charge on any atom is -0.496 e. The van der Waals surface area contributed by atoms with Crippen LogP contribution in [-0.2, 0) is 11.2 Å². The van der Waals surface area contributed by atoms with Crippen molar-refractivity contribution in [2.24, 2.45) is 0 Å². The summed E-state index contributed by atoms with van der Waals surface area (Å²) in [4.78, 5) is 11.9. The van der Waals surface area contributed by atoms with Crippen LogP contribution in [0.3, 0.4) is 0 Å². The van der Waals surface area contributed by atoms with Crippen LogP contribution < -0.4 is 4.74 Å². The van der Waals surface area contributed by atoms with Crippen molar-refractivity contribution in [2.75, 3.05) is 14.2 Å². The molecule has 0 bridgehead atoms. The maximum atomic E-state index is 11.9. The van der Waals surface area contributed by atoms with Crippen molar-refractivity contribution < 1.29 is 14.3 Å². The second-order valence-electron chi connectivity index (χ2n) is 4.38. The summed E-state index contributed by atoms with van der Waals surface area (Å²) in [6.07, 6.45) is 0.749. The van der Waals surface area contributed by atoms with Gasteiger partial charge in [-0.1, -0.05) is 37.3 Å². The van der Waals surface area contributed by atoms with E-state index in [1.165, 1.54) is 7.11 Å². The van der Waals surface area contributed by atoms with Gasteiger partial charge in [-0.2, -0.15) is 0 Å². The molecule has 20 heavy (non-hydrogen) atoms. The molecule has 2 aromatic carbocycles. The van der Waals surface area contributed by atoms with Gasteiger partial charge >= 0.3 is 5.97 Å². The predicted molar refractivity (Wildman–Crippen MR) is 79.1 cm³/mol. The van der Waals surface area contributed by atoms with Gasteiger partial charge in [0.25, 0.3) is 0 Å². The summed E-state index contributed by atoms with van der Waals surface area (Å²) in [5.41, 5.74) is 3.58. The van der Waals surface area contributed by atoms with Gasteiger partial charge in [-0.15, -0.1) is 0 Å². The molecule has 0 heterocycles. The Morgan fingerprint density at radius 2 is 1.70 bits per heavy atom. The van der Waals surface area contributed by atoms with Crippen LogP contribution in [0, 0.1) is 0 Å². The number of para-hydroxylation sites is 1. The minimum atomic E-state index is -0.307. The zero-order valence-electron chi connectivity index (χ0n) is 12.0. The lowest BCUT2D eigenvalue weighted by molar-refractivity contribution is 0.0599. The number of hydrogen-bond acceptors (Lipinski definition) is 3. The molecule has 0 N–H and O–H groups in total. The molecule has 2 rings (SSSR count). The lowest BCUT2D eigenvalue weighted by atomic mass is 9.93. The molecule has 0 unspecified atom stereocenters. The number of ether oxygens (including phenoxy) is 2. The third kappa shape index (κ3) is 2.52. The largest absolute Gasteiger partial charge is 0.496 e. The molecule has 3 nitrogen and oxygen atoms in total. The number of hydrogen-bond donors (Lipinski definition) is 0. The van der Waals surface area contributed by atoms with Gasteiger partial charge in [0.05, 0.1) is 19.8 Å². The molecule has 104 valence electrons. The number of esters is 1. The van der Waals surface area contributed by atoms with Crippen LogP contribution in [-0.4, -0.2) is 20.2 Å². The molecule has 0 amide bonds. The Morgan fingerprint density at radius 3 is 2.35 bits per heavy atom. The van der Waals surface area contributed by atoms with Crippen LogP contribution in [0.15, 0.2) is 42.5 Å². The number of carbonyl (C=O) groups excluding carboxylic acids is 1. The van der Waals surface area contributed by atoms with Crippen molar-refractivity contribution in [1.29, 1.82) is 0 Å². The quantitative estimate of drug-likeness (QED) is 0.794. The molecule has 0 fully saturated rings. The van der Waals surface area contributed by atoms with Crippen molar-refractivity contribution in [1.82, 2.24) is 0 Å². The summed E-state index contributed by atoms with van der Waals surface area (Å²) in [6, 6.07) is 13.5. The minimum absolute atomic E-state index is 0.307. The van der Waals surface area contributed by atoms with E-state index in [0.29, 0.717) is 5.56 Å². The van der Waals surface area contributed by atoms with Crippen LogP contribution in [0.5, 0.6) is 5.75 Å². The molecule has 2 aromatic rings. The van der Waals surface area contributed by atoms with Gasteiger partial charge in [-0.3, -0.25) is 0 Å². The Hall–Kier alpha value is -2.29. The first kappa shape index (κ1) is 14.1. The zero-order chi connectivity index (χ0) is 14.5. The number of rotatable bonds is 4. The third-order valence-corrected chi connectivity index (χ3v) is 3.33. The van der Waals surface area contributed by atoms with E-state index in [2.05, 4.69) is 0 Å². The van der Waals surface area contributed by atoms with Crippen LogP contribution >= 0.6 is 0 Å². The smallest absolute Gasteiger partial charge is 0.338 e. The Labute approximate surface area is 119 Å². The highest BCUT2D eigenvalue weighted by atomic mass is 16.5. The molecule has 0 saturated heterocycles. The highest BCUT2D eigenvalue weighted by Gasteiger charge is 2.16. The molecule has 0 saturated carbocycles. The van der Waals surface area contributed by atoms with Gasteiger partial charge in [-0.25, -0.2) is 4.79 Å². The maximum Gasteiger partial charge on any atom is 0.338 e. The number of benzene rings is 2. The van der Waals surface area contributed by atoms with E-state index in [1.807, 2.05) is 43.3 Å². The van der Waals surface area contributed by atoms with Gasteiger partial charge in [-0.05, 0) is 29.7 Å². The fourth-order valence-electron chi connectivity index (χ4n) is 2.39. The van der Waals surface area contributed by atoms with Gasteiger partial charge in [0, 0.05) is 5.56 Å². The summed E-state index contributed by atoms with van der Waals surface area (Å²) >= 11 is 0. The van der Waals surface area contributed by atoms with Crippen molar-refractivity contribution in [2.45, 2.75) is 13.3 Å². The van der Waals surface area contributed by atoms with E-state index in [1.54, 1.807) is 13.2 Å². The Bertz CT molecular complexity index is 617. The summed E-state index contributed by atoms with van der Waals surface area (Å²) in [5, 5.41) is 0. The highest BCUT2D eigenvalue weighted by Crippen LogP contribution is 2.33. The second-order valence-corrected chi connectivity index (χ2v) is 4.38. The highest BCUT2D eigenvalue weighted by molar-refractivity contribution is 5.94. The van der Waals surface area contributed by atoms with E-state index in [4.69, 9.17) is 9.47 Å². The monoisotopic (exact) mass is 270 g/mol. The van der Waals surface area contributed by atoms with E-state index in [0.717, 1.165) is 28.9 Å². The van der Waals surface area contributed by atoms with Crippen LogP contribution in [0.2, 0.25) is 0 Å². The molecular formula is C17H18O3. The van der Waals surface area contributed by atoms with Crippen molar-refractivity contribution in [3.8, 4) is 16.9 Å². The summed E-state index contributed by atoms with van der Waals surface area (Å²) < 4.78 is 10.3. The second kappa shape index (κ2) is 6.24. The van der Waals surface area contributed by atoms with Crippen LogP contribution in [0.1, 0.15) is 22.8 Å². The molecule has 0 aliphatic carbocycles. The summed E-state index contributed by atoms with van der Waals surface area (Å²) in [7, 11) is 3.05. The third-order valence-electron chi connectivity index (χ3n) is 3.33. The molecule has 0 atom stereocenters. The first-order chi connectivity index (χ1) is 9.72. The normalized spacial score (nSPS) is 10.2.